The van der Waals surface area contributed by atoms with Crippen molar-refractivity contribution in [3.05, 3.63) is 91.4 Å². The minimum absolute atomic E-state index is 0.0892. The third-order valence-electron chi connectivity index (χ3n) is 4.64. The number of nitrogens with zero attached hydrogens (tertiary/aromatic N) is 2. The number of amides is 1. The second-order valence-electron chi connectivity index (χ2n) is 6.72. The fourth-order valence-corrected chi connectivity index (χ4v) is 4.16. The molecular weight excluding hydrogens is 467 g/mol. The molecule has 32 heavy (non-hydrogen) atoms. The Kier molecular flexibility index (Phi) is 5.66. The first-order valence-corrected chi connectivity index (χ1v) is 10.4. The molecule has 2 heterocycles. The fraction of sp³-hybridized carbons (Fsp3) is 0.0952. The lowest BCUT2D eigenvalue weighted by Crippen LogP contribution is -2.40. The van der Waals surface area contributed by atoms with Crippen molar-refractivity contribution < 1.29 is 18.0 Å². The first-order valence-electron chi connectivity index (χ1n) is 9.12. The number of halogens is 4. The summed E-state index contributed by atoms with van der Waals surface area (Å²) in [5.41, 5.74) is -1.92. The van der Waals surface area contributed by atoms with Gasteiger partial charge in [-0.1, -0.05) is 29.8 Å². The lowest BCUT2D eigenvalue weighted by Gasteiger charge is -2.14. The Morgan fingerprint density at radius 3 is 2.47 bits per heavy atom. The van der Waals surface area contributed by atoms with Crippen molar-refractivity contribution in [3.63, 3.8) is 0 Å². The molecule has 11 heteroatoms. The molecule has 0 unspecified atom stereocenters. The van der Waals surface area contributed by atoms with Gasteiger partial charge in [-0.25, -0.2) is 9.36 Å². The van der Waals surface area contributed by atoms with E-state index >= 15 is 0 Å². The molecule has 0 aliphatic carbocycles. The van der Waals surface area contributed by atoms with Crippen LogP contribution in [0.25, 0.3) is 15.9 Å². The topological polar surface area (TPSA) is 73.1 Å². The Labute approximate surface area is 187 Å². The second kappa shape index (κ2) is 8.29. The molecular formula is C21H13ClF3N3O3S. The number of nitrogens with one attached hydrogen (secondary N) is 1. The van der Waals surface area contributed by atoms with Gasteiger partial charge in [0.15, 0.2) is 0 Å². The van der Waals surface area contributed by atoms with E-state index in [0.717, 1.165) is 32.6 Å². The Balaban J connectivity index is 1.74. The lowest BCUT2D eigenvalue weighted by molar-refractivity contribution is -0.137. The van der Waals surface area contributed by atoms with Crippen molar-refractivity contribution >= 4 is 44.7 Å². The lowest BCUT2D eigenvalue weighted by atomic mass is 10.2. The number of carbonyl (C=O) groups excluding carboxylic acids is 1. The molecule has 1 amide bonds. The Hall–Kier alpha value is -3.37. The van der Waals surface area contributed by atoms with Crippen LogP contribution in [0.4, 0.5) is 18.9 Å². The van der Waals surface area contributed by atoms with Crippen molar-refractivity contribution in [1.29, 1.82) is 0 Å². The van der Waals surface area contributed by atoms with Crippen molar-refractivity contribution in [2.45, 2.75) is 12.7 Å². The molecule has 0 saturated heterocycles. The van der Waals surface area contributed by atoms with Crippen molar-refractivity contribution in [2.75, 3.05) is 5.32 Å². The third-order valence-corrected chi connectivity index (χ3v) is 5.86. The molecule has 0 bridgehead atoms. The number of hydrogen-bond acceptors (Lipinski definition) is 4. The summed E-state index contributed by atoms with van der Waals surface area (Å²) in [7, 11) is 0. The standard InChI is InChI=1S/C21H13ClF3N3O3S/c22-14-7-6-12(21(23,24)25)10-15(14)26-17(29)11-27-16-8-9-32-18(16)19(30)28(20(27)31)13-4-2-1-3-5-13/h1-10H,11H2,(H,26,29). The summed E-state index contributed by atoms with van der Waals surface area (Å²) in [6, 6.07) is 12.3. The number of anilines is 1. The minimum atomic E-state index is -4.62. The summed E-state index contributed by atoms with van der Waals surface area (Å²) in [5.74, 6) is -0.779. The summed E-state index contributed by atoms with van der Waals surface area (Å²) in [5, 5.41) is 3.84. The zero-order chi connectivity index (χ0) is 23.0. The summed E-state index contributed by atoms with van der Waals surface area (Å²) in [4.78, 5) is 38.6. The largest absolute Gasteiger partial charge is 0.416 e. The predicted octanol–water partition coefficient (Wildman–Crippen LogP) is 4.52. The van der Waals surface area contributed by atoms with E-state index in [9.17, 15) is 27.6 Å². The SMILES string of the molecule is O=C(Cn1c(=O)n(-c2ccccc2)c(=O)c2sccc21)Nc1cc(C(F)(F)F)ccc1Cl. The molecule has 0 aliphatic rings. The number of carbonyl (C=O) groups is 1. The van der Waals surface area contributed by atoms with Gasteiger partial charge in [-0.15, -0.1) is 11.3 Å². The van der Waals surface area contributed by atoms with Gasteiger partial charge in [0.1, 0.15) is 11.2 Å². The van der Waals surface area contributed by atoms with Crippen LogP contribution in [-0.2, 0) is 17.5 Å². The first-order chi connectivity index (χ1) is 15.2. The molecule has 2 aromatic carbocycles. The van der Waals surface area contributed by atoms with Crippen LogP contribution < -0.4 is 16.6 Å². The molecule has 6 nitrogen and oxygen atoms in total. The number of fused-ring (bicyclic) bond motifs is 1. The van der Waals surface area contributed by atoms with Gasteiger partial charge >= 0.3 is 11.9 Å². The molecule has 0 radical (unpaired) electrons. The van der Waals surface area contributed by atoms with Gasteiger partial charge < -0.3 is 5.32 Å². The van der Waals surface area contributed by atoms with Crippen molar-refractivity contribution in [2.24, 2.45) is 0 Å². The number of benzene rings is 2. The minimum Gasteiger partial charge on any atom is -0.323 e. The van der Waals surface area contributed by atoms with Gasteiger partial charge in [-0.05, 0) is 41.8 Å². The van der Waals surface area contributed by atoms with E-state index in [2.05, 4.69) is 5.32 Å². The molecule has 0 aliphatic heterocycles. The molecule has 1 N–H and O–H groups in total. The molecule has 0 atom stereocenters. The Morgan fingerprint density at radius 1 is 1.06 bits per heavy atom. The van der Waals surface area contributed by atoms with E-state index in [1.54, 1.807) is 35.7 Å². The van der Waals surface area contributed by atoms with E-state index in [-0.39, 0.29) is 20.9 Å². The Bertz CT molecular complexity index is 1440. The van der Waals surface area contributed by atoms with Gasteiger partial charge in [0.2, 0.25) is 5.91 Å². The van der Waals surface area contributed by atoms with Gasteiger partial charge in [0.25, 0.3) is 5.56 Å². The molecule has 2 aromatic heterocycles. The quantitative estimate of drug-likeness (QED) is 0.467. The van der Waals surface area contributed by atoms with Crippen molar-refractivity contribution in [1.82, 2.24) is 9.13 Å². The maximum absolute atomic E-state index is 13.1. The van der Waals surface area contributed by atoms with Gasteiger partial charge in [-0.3, -0.25) is 14.2 Å². The molecule has 0 saturated carbocycles. The third kappa shape index (κ3) is 4.06. The normalized spacial score (nSPS) is 11.6. The van der Waals surface area contributed by atoms with E-state index < -0.39 is 35.4 Å². The van der Waals surface area contributed by atoms with Gasteiger partial charge in [0.05, 0.1) is 27.5 Å². The van der Waals surface area contributed by atoms with Crippen LogP contribution in [0.3, 0.4) is 0 Å². The molecule has 4 aromatic rings. The monoisotopic (exact) mass is 479 g/mol. The van der Waals surface area contributed by atoms with E-state index in [0.29, 0.717) is 11.8 Å². The van der Waals surface area contributed by atoms with Crippen LogP contribution >= 0.6 is 22.9 Å². The zero-order valence-electron chi connectivity index (χ0n) is 16.0. The second-order valence-corrected chi connectivity index (χ2v) is 8.04. The first kappa shape index (κ1) is 21.8. The van der Waals surface area contributed by atoms with Crippen LogP contribution in [0.1, 0.15) is 5.56 Å². The number of alkyl halides is 3. The summed E-state index contributed by atoms with van der Waals surface area (Å²) >= 11 is 7.05. The summed E-state index contributed by atoms with van der Waals surface area (Å²) < 4.78 is 41.3. The average molecular weight is 480 g/mol. The number of thiophene rings is 1. The molecule has 4 rings (SSSR count). The predicted molar refractivity (Wildman–Crippen MR) is 117 cm³/mol. The number of para-hydroxylation sites is 1. The van der Waals surface area contributed by atoms with Crippen molar-refractivity contribution in [3.8, 4) is 5.69 Å². The van der Waals surface area contributed by atoms with E-state index in [1.807, 2.05) is 0 Å². The maximum Gasteiger partial charge on any atom is 0.416 e. The fourth-order valence-electron chi connectivity index (χ4n) is 3.18. The Morgan fingerprint density at radius 2 is 1.78 bits per heavy atom. The molecule has 0 spiro atoms. The van der Waals surface area contributed by atoms with E-state index in [4.69, 9.17) is 11.6 Å². The molecule has 164 valence electrons. The van der Waals surface area contributed by atoms with Crippen LogP contribution in [-0.4, -0.2) is 15.0 Å². The van der Waals surface area contributed by atoms with Gasteiger partial charge in [-0.2, -0.15) is 13.2 Å². The summed E-state index contributed by atoms with van der Waals surface area (Å²) in [6.07, 6.45) is -4.62. The molecule has 0 fully saturated rings. The van der Waals surface area contributed by atoms with Crippen LogP contribution in [0.15, 0.2) is 69.6 Å². The van der Waals surface area contributed by atoms with Crippen LogP contribution in [0.2, 0.25) is 5.02 Å². The highest BCUT2D eigenvalue weighted by molar-refractivity contribution is 7.17. The highest BCUT2D eigenvalue weighted by Gasteiger charge is 2.31. The number of rotatable bonds is 4. The van der Waals surface area contributed by atoms with E-state index in [1.165, 1.54) is 6.07 Å². The highest BCUT2D eigenvalue weighted by atomic mass is 35.5. The van der Waals surface area contributed by atoms with Crippen LogP contribution in [0.5, 0.6) is 0 Å². The number of hydrogen-bond donors (Lipinski definition) is 1. The number of aromatic nitrogens is 2. The van der Waals surface area contributed by atoms with Gasteiger partial charge in [0, 0.05) is 0 Å². The highest BCUT2D eigenvalue weighted by Crippen LogP contribution is 2.33. The zero-order valence-corrected chi connectivity index (χ0v) is 17.6. The van der Waals surface area contributed by atoms with Crippen LogP contribution in [0, 0.1) is 0 Å². The smallest absolute Gasteiger partial charge is 0.323 e. The maximum atomic E-state index is 13.1. The average Bonchev–Trinajstić information content (AvgIpc) is 3.23. The summed E-state index contributed by atoms with van der Waals surface area (Å²) in [6.45, 7) is -0.536.